The van der Waals surface area contributed by atoms with Crippen molar-refractivity contribution in [3.8, 4) is 0 Å². The quantitative estimate of drug-likeness (QED) is 0.614. The Morgan fingerprint density at radius 3 is 2.58 bits per heavy atom. The molecule has 0 aliphatic rings. The van der Waals surface area contributed by atoms with Gasteiger partial charge < -0.3 is 4.57 Å². The third-order valence-electron chi connectivity index (χ3n) is 1.77. The van der Waals surface area contributed by atoms with E-state index < -0.39 is 5.24 Å². The summed E-state index contributed by atoms with van der Waals surface area (Å²) in [6, 6.07) is 3.12. The molecule has 12 heavy (non-hydrogen) atoms. The summed E-state index contributed by atoms with van der Waals surface area (Å²) in [6.07, 6.45) is 0. The maximum absolute atomic E-state index is 11.3. The van der Waals surface area contributed by atoms with Crippen LogP contribution in [0.2, 0.25) is 0 Å². The zero-order valence-electron chi connectivity index (χ0n) is 6.80. The van der Waals surface area contributed by atoms with E-state index in [-0.39, 0.29) is 11.1 Å². The lowest BCUT2D eigenvalue weighted by Gasteiger charge is -2.02. The molecule has 0 bridgehead atoms. The van der Waals surface area contributed by atoms with Crippen molar-refractivity contribution in [2.75, 3.05) is 0 Å². The summed E-state index contributed by atoms with van der Waals surface area (Å²) in [4.78, 5) is 22.0. The van der Waals surface area contributed by atoms with E-state index in [4.69, 9.17) is 11.6 Å². The SMILES string of the molecule is Cc1ccc(C(=O)Cl)c(=O)n1C. The molecule has 4 heteroatoms. The number of aryl methyl sites for hydroxylation is 1. The number of carbonyl (C=O) groups excluding carboxylic acids is 1. The van der Waals surface area contributed by atoms with Crippen LogP contribution >= 0.6 is 11.6 Å². The molecule has 0 amide bonds. The van der Waals surface area contributed by atoms with E-state index in [1.807, 2.05) is 0 Å². The van der Waals surface area contributed by atoms with Gasteiger partial charge in [-0.2, -0.15) is 0 Å². The van der Waals surface area contributed by atoms with Crippen LogP contribution in [0.15, 0.2) is 16.9 Å². The molecule has 1 heterocycles. The Morgan fingerprint density at radius 1 is 1.50 bits per heavy atom. The van der Waals surface area contributed by atoms with Gasteiger partial charge in [-0.1, -0.05) is 0 Å². The number of pyridine rings is 1. The van der Waals surface area contributed by atoms with Gasteiger partial charge in [0.2, 0.25) is 0 Å². The predicted molar refractivity (Wildman–Crippen MR) is 46.6 cm³/mol. The van der Waals surface area contributed by atoms with Crippen LogP contribution in [0.3, 0.4) is 0 Å². The molecule has 3 nitrogen and oxygen atoms in total. The van der Waals surface area contributed by atoms with Gasteiger partial charge in [0.15, 0.2) is 0 Å². The predicted octanol–water partition coefficient (Wildman–Crippen LogP) is 1.07. The molecule has 0 unspecified atom stereocenters. The van der Waals surface area contributed by atoms with E-state index in [0.717, 1.165) is 5.69 Å². The summed E-state index contributed by atoms with van der Waals surface area (Å²) >= 11 is 5.18. The molecule has 0 aromatic carbocycles. The van der Waals surface area contributed by atoms with Crippen LogP contribution in [0.4, 0.5) is 0 Å². The number of aromatic nitrogens is 1. The average molecular weight is 186 g/mol. The first kappa shape index (κ1) is 9.00. The largest absolute Gasteiger partial charge is 0.315 e. The minimum Gasteiger partial charge on any atom is -0.315 e. The molecule has 0 spiro atoms. The summed E-state index contributed by atoms with van der Waals surface area (Å²) in [6.45, 7) is 1.78. The Labute approximate surface area is 74.6 Å². The molecule has 0 saturated heterocycles. The van der Waals surface area contributed by atoms with Crippen molar-refractivity contribution < 1.29 is 4.79 Å². The van der Waals surface area contributed by atoms with E-state index in [9.17, 15) is 9.59 Å². The molecule has 0 aliphatic heterocycles. The zero-order chi connectivity index (χ0) is 9.30. The summed E-state index contributed by atoms with van der Waals surface area (Å²) in [5.74, 6) is 0. The summed E-state index contributed by atoms with van der Waals surface area (Å²) < 4.78 is 1.38. The molecule has 0 saturated carbocycles. The molecular weight excluding hydrogens is 178 g/mol. The number of rotatable bonds is 1. The second-order valence-electron chi connectivity index (χ2n) is 2.53. The number of nitrogens with zero attached hydrogens (tertiary/aromatic N) is 1. The van der Waals surface area contributed by atoms with Gasteiger partial charge in [-0.05, 0) is 30.7 Å². The Morgan fingerprint density at radius 2 is 2.08 bits per heavy atom. The van der Waals surface area contributed by atoms with Gasteiger partial charge in [0.25, 0.3) is 10.8 Å². The minimum atomic E-state index is -0.712. The third-order valence-corrected chi connectivity index (χ3v) is 1.97. The molecule has 1 aromatic rings. The molecule has 0 atom stereocenters. The number of hydrogen-bond acceptors (Lipinski definition) is 2. The standard InChI is InChI=1S/C8H8ClNO2/c1-5-3-4-6(7(9)11)8(12)10(5)2/h3-4H,1-2H3. The van der Waals surface area contributed by atoms with E-state index in [1.165, 1.54) is 10.6 Å². The fourth-order valence-corrected chi connectivity index (χ4v) is 1.02. The molecule has 0 fully saturated rings. The van der Waals surface area contributed by atoms with E-state index in [1.54, 1.807) is 20.0 Å². The topological polar surface area (TPSA) is 39.1 Å². The zero-order valence-corrected chi connectivity index (χ0v) is 7.55. The maximum Gasteiger partial charge on any atom is 0.262 e. The van der Waals surface area contributed by atoms with Gasteiger partial charge in [-0.3, -0.25) is 9.59 Å². The summed E-state index contributed by atoms with van der Waals surface area (Å²) in [5, 5.41) is -0.712. The van der Waals surface area contributed by atoms with Gasteiger partial charge in [-0.25, -0.2) is 0 Å². The monoisotopic (exact) mass is 185 g/mol. The molecular formula is C8H8ClNO2. The van der Waals surface area contributed by atoms with Crippen molar-refractivity contribution in [1.29, 1.82) is 0 Å². The van der Waals surface area contributed by atoms with E-state index in [2.05, 4.69) is 0 Å². The Balaban J connectivity index is 3.47. The van der Waals surface area contributed by atoms with Crippen molar-refractivity contribution in [3.05, 3.63) is 33.7 Å². The van der Waals surface area contributed by atoms with Crippen molar-refractivity contribution in [2.24, 2.45) is 7.05 Å². The fourth-order valence-electron chi connectivity index (χ4n) is 0.877. The van der Waals surface area contributed by atoms with Gasteiger partial charge in [-0.15, -0.1) is 0 Å². The van der Waals surface area contributed by atoms with Crippen LogP contribution in [0.5, 0.6) is 0 Å². The Kier molecular flexibility index (Phi) is 2.33. The van der Waals surface area contributed by atoms with E-state index in [0.29, 0.717) is 0 Å². The van der Waals surface area contributed by atoms with Gasteiger partial charge in [0, 0.05) is 12.7 Å². The average Bonchev–Trinajstić information content (AvgIpc) is 2.00. The first-order valence-electron chi connectivity index (χ1n) is 3.40. The highest BCUT2D eigenvalue weighted by Gasteiger charge is 2.08. The van der Waals surface area contributed by atoms with E-state index >= 15 is 0 Å². The van der Waals surface area contributed by atoms with Crippen LogP contribution in [-0.4, -0.2) is 9.81 Å². The molecule has 0 radical (unpaired) electrons. The van der Waals surface area contributed by atoms with Crippen LogP contribution in [0.25, 0.3) is 0 Å². The summed E-state index contributed by atoms with van der Waals surface area (Å²) in [5.41, 5.74) is 0.460. The van der Waals surface area contributed by atoms with Crippen LogP contribution < -0.4 is 5.56 Å². The minimum absolute atomic E-state index is 0.0183. The van der Waals surface area contributed by atoms with Crippen molar-refractivity contribution in [3.63, 3.8) is 0 Å². The highest BCUT2D eigenvalue weighted by atomic mass is 35.5. The second-order valence-corrected chi connectivity index (χ2v) is 2.87. The van der Waals surface area contributed by atoms with Crippen molar-refractivity contribution in [1.82, 2.24) is 4.57 Å². The van der Waals surface area contributed by atoms with Crippen LogP contribution in [0.1, 0.15) is 16.1 Å². The third kappa shape index (κ3) is 1.41. The lowest BCUT2D eigenvalue weighted by atomic mass is 10.2. The first-order chi connectivity index (χ1) is 5.54. The lowest BCUT2D eigenvalue weighted by Crippen LogP contribution is -2.23. The number of hydrogen-bond donors (Lipinski definition) is 0. The normalized spacial score (nSPS) is 9.92. The van der Waals surface area contributed by atoms with Crippen LogP contribution in [0, 0.1) is 6.92 Å². The molecule has 1 aromatic heterocycles. The smallest absolute Gasteiger partial charge is 0.262 e. The van der Waals surface area contributed by atoms with Crippen molar-refractivity contribution >= 4 is 16.8 Å². The maximum atomic E-state index is 11.3. The number of carbonyl (C=O) groups is 1. The Hall–Kier alpha value is -1.09. The molecule has 1 rings (SSSR count). The molecule has 0 N–H and O–H groups in total. The van der Waals surface area contributed by atoms with Gasteiger partial charge in [0.1, 0.15) is 0 Å². The number of halogens is 1. The summed E-state index contributed by atoms with van der Waals surface area (Å²) in [7, 11) is 1.60. The second kappa shape index (κ2) is 3.11. The first-order valence-corrected chi connectivity index (χ1v) is 3.78. The fraction of sp³-hybridized carbons (Fsp3) is 0.250. The molecule has 64 valence electrons. The van der Waals surface area contributed by atoms with Crippen LogP contribution in [-0.2, 0) is 7.05 Å². The van der Waals surface area contributed by atoms with Gasteiger partial charge >= 0.3 is 0 Å². The molecule has 0 aliphatic carbocycles. The lowest BCUT2D eigenvalue weighted by molar-refractivity contribution is 0.107. The van der Waals surface area contributed by atoms with Gasteiger partial charge in [0.05, 0.1) is 5.56 Å². The highest BCUT2D eigenvalue weighted by Crippen LogP contribution is 1.99. The van der Waals surface area contributed by atoms with Crippen molar-refractivity contribution in [2.45, 2.75) is 6.92 Å². The Bertz CT molecular complexity index is 381. The highest BCUT2D eigenvalue weighted by molar-refractivity contribution is 6.67.